The van der Waals surface area contributed by atoms with E-state index in [1.165, 1.54) is 18.5 Å². The van der Waals surface area contributed by atoms with Crippen LogP contribution in [-0.2, 0) is 4.79 Å². The van der Waals surface area contributed by atoms with Gasteiger partial charge in [-0.2, -0.15) is 0 Å². The molecule has 1 saturated heterocycles. The molecule has 0 saturated carbocycles. The van der Waals surface area contributed by atoms with Gasteiger partial charge in [-0.25, -0.2) is 9.37 Å². The minimum absolute atomic E-state index is 0.291. The number of rotatable bonds is 5. The van der Waals surface area contributed by atoms with Crippen molar-refractivity contribution in [1.29, 1.82) is 0 Å². The molecule has 0 unspecified atom stereocenters. The van der Waals surface area contributed by atoms with Gasteiger partial charge in [0.05, 0.1) is 24.0 Å². The maximum atomic E-state index is 13.1. The Hall–Kier alpha value is -3.46. The zero-order valence-corrected chi connectivity index (χ0v) is 16.2. The Bertz CT molecular complexity index is 1040. The average molecular weight is 411 g/mol. The van der Waals surface area contributed by atoms with E-state index in [1.807, 2.05) is 0 Å². The normalized spacial score (nSPS) is 15.3. The Kier molecular flexibility index (Phi) is 5.62. The molecule has 0 bridgehead atoms. The predicted molar refractivity (Wildman–Crippen MR) is 110 cm³/mol. The highest BCUT2D eigenvalue weighted by atomic mass is 19.1. The fourth-order valence-corrected chi connectivity index (χ4v) is 3.56. The SMILES string of the molecule is O=C(N[C@@H](CO)C(=O)N1CCN(c2ccc(F)cc2)CC1)c1ccc2nc[nH]c2c1. The highest BCUT2D eigenvalue weighted by Gasteiger charge is 2.28. The third-order valence-corrected chi connectivity index (χ3v) is 5.25. The molecule has 156 valence electrons. The van der Waals surface area contributed by atoms with E-state index >= 15 is 0 Å². The van der Waals surface area contributed by atoms with Crippen molar-refractivity contribution in [3.05, 3.63) is 60.2 Å². The fourth-order valence-electron chi connectivity index (χ4n) is 3.56. The number of amides is 2. The molecule has 4 rings (SSSR count). The van der Waals surface area contributed by atoms with Gasteiger partial charge in [-0.1, -0.05) is 0 Å². The lowest BCUT2D eigenvalue weighted by Crippen LogP contribution is -2.56. The number of nitrogens with one attached hydrogen (secondary N) is 2. The molecule has 1 atom stereocenters. The summed E-state index contributed by atoms with van der Waals surface area (Å²) in [6, 6.07) is 10.2. The van der Waals surface area contributed by atoms with Crippen molar-refractivity contribution in [2.75, 3.05) is 37.7 Å². The van der Waals surface area contributed by atoms with Crippen LogP contribution in [0.1, 0.15) is 10.4 Å². The van der Waals surface area contributed by atoms with Crippen molar-refractivity contribution in [1.82, 2.24) is 20.2 Å². The summed E-state index contributed by atoms with van der Waals surface area (Å²) in [5, 5.41) is 12.3. The summed E-state index contributed by atoms with van der Waals surface area (Å²) in [5.41, 5.74) is 2.72. The van der Waals surface area contributed by atoms with Crippen LogP contribution < -0.4 is 10.2 Å². The summed E-state index contributed by atoms with van der Waals surface area (Å²) in [7, 11) is 0. The maximum absolute atomic E-state index is 13.1. The Balaban J connectivity index is 1.36. The van der Waals surface area contributed by atoms with Gasteiger partial charge in [-0.3, -0.25) is 9.59 Å². The van der Waals surface area contributed by atoms with Gasteiger partial charge in [-0.15, -0.1) is 0 Å². The Labute approximate surface area is 172 Å². The van der Waals surface area contributed by atoms with Gasteiger partial charge in [0.15, 0.2) is 0 Å². The number of anilines is 1. The molecular weight excluding hydrogens is 389 g/mol. The number of fused-ring (bicyclic) bond motifs is 1. The van der Waals surface area contributed by atoms with E-state index in [4.69, 9.17) is 0 Å². The number of aliphatic hydroxyl groups excluding tert-OH is 1. The van der Waals surface area contributed by atoms with Crippen LogP contribution in [-0.4, -0.2) is 70.6 Å². The number of nitrogens with zero attached hydrogens (tertiary/aromatic N) is 3. The van der Waals surface area contributed by atoms with Crippen molar-refractivity contribution >= 4 is 28.5 Å². The van der Waals surface area contributed by atoms with E-state index in [0.29, 0.717) is 37.3 Å². The average Bonchev–Trinajstić information content (AvgIpc) is 3.25. The second kappa shape index (κ2) is 8.50. The molecule has 2 heterocycles. The molecular formula is C21H22FN5O3. The predicted octanol–water partition coefficient (Wildman–Crippen LogP) is 1.14. The number of imidazole rings is 1. The lowest BCUT2D eigenvalue weighted by atomic mass is 10.1. The van der Waals surface area contributed by atoms with Crippen LogP contribution in [0.3, 0.4) is 0 Å². The van der Waals surface area contributed by atoms with Crippen LogP contribution in [0.5, 0.6) is 0 Å². The van der Waals surface area contributed by atoms with Gasteiger partial charge in [0, 0.05) is 37.4 Å². The molecule has 3 N–H and O–H groups in total. The summed E-state index contributed by atoms with van der Waals surface area (Å²) in [4.78, 5) is 36.1. The van der Waals surface area contributed by atoms with Crippen molar-refractivity contribution in [2.45, 2.75) is 6.04 Å². The number of piperazine rings is 1. The zero-order valence-electron chi connectivity index (χ0n) is 16.2. The van der Waals surface area contributed by atoms with Crippen LogP contribution >= 0.6 is 0 Å². The lowest BCUT2D eigenvalue weighted by Gasteiger charge is -2.37. The molecule has 1 fully saturated rings. The van der Waals surface area contributed by atoms with E-state index < -0.39 is 18.6 Å². The Morgan fingerprint density at radius 2 is 1.87 bits per heavy atom. The first-order chi connectivity index (χ1) is 14.5. The van der Waals surface area contributed by atoms with Crippen LogP contribution in [0.2, 0.25) is 0 Å². The number of carbonyl (C=O) groups is 2. The van der Waals surface area contributed by atoms with Crippen LogP contribution in [0.4, 0.5) is 10.1 Å². The van der Waals surface area contributed by atoms with Gasteiger partial charge in [0.2, 0.25) is 5.91 Å². The summed E-state index contributed by atoms with van der Waals surface area (Å²) in [6.07, 6.45) is 1.54. The van der Waals surface area contributed by atoms with E-state index in [9.17, 15) is 19.1 Å². The monoisotopic (exact) mass is 411 g/mol. The lowest BCUT2D eigenvalue weighted by molar-refractivity contribution is -0.134. The van der Waals surface area contributed by atoms with Gasteiger partial charge in [-0.05, 0) is 42.5 Å². The first-order valence-corrected chi connectivity index (χ1v) is 9.69. The second-order valence-corrected chi connectivity index (χ2v) is 7.13. The summed E-state index contributed by atoms with van der Waals surface area (Å²) in [6.45, 7) is 1.57. The van der Waals surface area contributed by atoms with Gasteiger partial charge in [0.1, 0.15) is 11.9 Å². The highest BCUT2D eigenvalue weighted by Crippen LogP contribution is 2.17. The van der Waals surface area contributed by atoms with Crippen LogP contribution in [0, 0.1) is 5.82 Å². The first-order valence-electron chi connectivity index (χ1n) is 9.69. The Morgan fingerprint density at radius 1 is 1.13 bits per heavy atom. The van der Waals surface area contributed by atoms with Crippen LogP contribution in [0.15, 0.2) is 48.8 Å². The smallest absolute Gasteiger partial charge is 0.252 e. The topological polar surface area (TPSA) is 102 Å². The zero-order chi connectivity index (χ0) is 21.1. The number of carbonyl (C=O) groups excluding carboxylic acids is 2. The number of hydrogen-bond donors (Lipinski definition) is 3. The number of H-pyrrole nitrogens is 1. The number of aliphatic hydroxyl groups is 1. The number of aromatic nitrogens is 2. The van der Waals surface area contributed by atoms with Crippen LogP contribution in [0.25, 0.3) is 11.0 Å². The number of benzene rings is 2. The quantitative estimate of drug-likeness (QED) is 0.585. The van der Waals surface area contributed by atoms with E-state index in [1.54, 1.807) is 35.2 Å². The molecule has 30 heavy (non-hydrogen) atoms. The molecule has 1 aromatic heterocycles. The maximum Gasteiger partial charge on any atom is 0.252 e. The standard InChI is InChI=1S/C21H22FN5O3/c22-15-2-4-16(5-3-15)26-7-9-27(10-8-26)21(30)19(12-28)25-20(29)14-1-6-17-18(11-14)24-13-23-17/h1-6,11,13,19,28H,7-10,12H2,(H,23,24)(H,25,29)/t19-/m0/s1. The van der Waals surface area contributed by atoms with Crippen molar-refractivity contribution in [2.24, 2.45) is 0 Å². The minimum atomic E-state index is -1.02. The summed E-state index contributed by atoms with van der Waals surface area (Å²) >= 11 is 0. The molecule has 1 aliphatic rings. The van der Waals surface area contributed by atoms with E-state index in [-0.39, 0.29) is 11.7 Å². The molecule has 8 nitrogen and oxygen atoms in total. The summed E-state index contributed by atoms with van der Waals surface area (Å²) < 4.78 is 13.1. The van der Waals surface area contributed by atoms with Gasteiger partial charge >= 0.3 is 0 Å². The van der Waals surface area contributed by atoms with Crippen molar-refractivity contribution in [3.8, 4) is 0 Å². The molecule has 3 aromatic rings. The third kappa shape index (κ3) is 4.11. The van der Waals surface area contributed by atoms with Gasteiger partial charge < -0.3 is 25.2 Å². The summed E-state index contributed by atoms with van der Waals surface area (Å²) in [5.74, 6) is -1.06. The second-order valence-electron chi connectivity index (χ2n) is 7.13. The van der Waals surface area contributed by atoms with Crippen molar-refractivity contribution in [3.63, 3.8) is 0 Å². The minimum Gasteiger partial charge on any atom is -0.394 e. The molecule has 2 aromatic carbocycles. The number of aromatic amines is 1. The molecule has 1 aliphatic heterocycles. The Morgan fingerprint density at radius 3 is 2.57 bits per heavy atom. The van der Waals surface area contributed by atoms with Gasteiger partial charge in [0.25, 0.3) is 5.91 Å². The molecule has 2 amide bonds. The number of halogens is 1. The molecule has 9 heteroatoms. The molecule has 0 spiro atoms. The fraction of sp³-hybridized carbons (Fsp3) is 0.286. The largest absolute Gasteiger partial charge is 0.394 e. The first kappa shape index (κ1) is 19.8. The third-order valence-electron chi connectivity index (χ3n) is 5.25. The van der Waals surface area contributed by atoms with E-state index in [2.05, 4.69) is 20.2 Å². The van der Waals surface area contributed by atoms with Crippen molar-refractivity contribution < 1.29 is 19.1 Å². The number of hydrogen-bond acceptors (Lipinski definition) is 5. The highest BCUT2D eigenvalue weighted by molar-refractivity contribution is 5.99. The molecule has 0 radical (unpaired) electrons. The molecule has 0 aliphatic carbocycles. The van der Waals surface area contributed by atoms with E-state index in [0.717, 1.165) is 11.2 Å².